The van der Waals surface area contributed by atoms with Gasteiger partial charge in [0.15, 0.2) is 28.6 Å². The van der Waals surface area contributed by atoms with Crippen molar-refractivity contribution in [3.05, 3.63) is 29.3 Å². The minimum atomic E-state index is -4.21. The number of imidazole rings is 2. The van der Waals surface area contributed by atoms with Crippen LogP contribution in [0.1, 0.15) is 52.3 Å². The number of H-pyrrole nitrogens is 1. The third kappa shape index (κ3) is 7.69. The fraction of sp³-hybridized carbons (Fsp3) is 0.621. The second kappa shape index (κ2) is 15.4. The number of anilines is 2. The Morgan fingerprint density at radius 3 is 2.63 bits per heavy atom. The third-order valence-electron chi connectivity index (χ3n) is 8.87. The van der Waals surface area contributed by atoms with Crippen LogP contribution in [0.5, 0.6) is 0 Å². The summed E-state index contributed by atoms with van der Waals surface area (Å²) in [6.07, 6.45) is 1.09. The number of nitrogens with zero attached hydrogens (tertiary/aromatic N) is 7. The van der Waals surface area contributed by atoms with Gasteiger partial charge in [0.1, 0.15) is 30.3 Å². The van der Waals surface area contributed by atoms with E-state index in [1.54, 1.807) is 23.0 Å². The van der Waals surface area contributed by atoms with Crippen molar-refractivity contribution >= 4 is 58.4 Å². The number of nitrogens with two attached hydrogens (primary N) is 2. The Hall–Kier alpha value is -3.85. The Kier molecular flexibility index (Phi) is 11.2. The highest BCUT2D eigenvalue weighted by Gasteiger charge is 2.54. The molecule has 6 rings (SSSR count). The summed E-state index contributed by atoms with van der Waals surface area (Å²) in [6, 6.07) is -0.617. The minimum Gasteiger partial charge on any atom is -0.432 e. The Bertz CT molecular complexity index is 1960. The van der Waals surface area contributed by atoms with Crippen LogP contribution in [0.15, 0.2) is 23.8 Å². The fourth-order valence-corrected chi connectivity index (χ4v) is 9.54. The molecule has 2 aliphatic rings. The molecule has 1 saturated carbocycles. The van der Waals surface area contributed by atoms with E-state index in [4.69, 9.17) is 39.5 Å². The average Bonchev–Trinajstić information content (AvgIpc) is 3.86. The number of methoxy groups -OCH3 is 1. The Labute approximate surface area is 295 Å². The van der Waals surface area contributed by atoms with Crippen molar-refractivity contribution in [2.45, 2.75) is 76.7 Å². The molecule has 22 heteroatoms. The molecule has 0 bridgehead atoms. The van der Waals surface area contributed by atoms with Gasteiger partial charge in [0.05, 0.1) is 44.1 Å². The number of hydrogen-bond donors (Lipinski definition) is 4. The summed E-state index contributed by atoms with van der Waals surface area (Å²) in [5.74, 6) is -0.995. The first-order chi connectivity index (χ1) is 24.4. The predicted octanol–water partition coefficient (Wildman–Crippen LogP) is 2.77. The predicted molar refractivity (Wildman–Crippen MR) is 183 cm³/mol. The van der Waals surface area contributed by atoms with Gasteiger partial charge in [0.2, 0.25) is 5.95 Å². The van der Waals surface area contributed by atoms with Gasteiger partial charge in [-0.25, -0.2) is 29.3 Å². The molecule has 4 aromatic rings. The topological polar surface area (TPSA) is 269 Å². The maximum Gasteiger partial charge on any atom is 0.509 e. The SMILES string of the molecule is CCC1C(COC)C(OP(=O)(OCC2CCC(n3cnc4c(=O)[nH]c(N)nc43)O2)SCOC(=O)OC(C)C)C(O)C1n1cnc2c(N)ncnc21. The Morgan fingerprint density at radius 2 is 1.88 bits per heavy atom. The lowest BCUT2D eigenvalue weighted by Gasteiger charge is -2.28. The number of aliphatic hydroxyl groups excluding tert-OH is 1. The minimum absolute atomic E-state index is 0.0613. The average molecular weight is 753 g/mol. The molecule has 278 valence electrons. The van der Waals surface area contributed by atoms with Crippen LogP contribution in [-0.2, 0) is 32.6 Å². The molecule has 0 radical (unpaired) electrons. The van der Waals surface area contributed by atoms with Crippen LogP contribution in [0, 0.1) is 11.8 Å². The lowest BCUT2D eigenvalue weighted by atomic mass is 9.91. The van der Waals surface area contributed by atoms with E-state index in [-0.39, 0.29) is 42.1 Å². The molecule has 8 atom stereocenters. The second-order valence-corrected chi connectivity index (χ2v) is 16.4. The molecule has 4 aromatic heterocycles. The molecule has 1 aliphatic heterocycles. The van der Waals surface area contributed by atoms with Crippen molar-refractivity contribution in [3.63, 3.8) is 0 Å². The number of nitrogens with one attached hydrogen (secondary N) is 1. The lowest BCUT2D eigenvalue weighted by molar-refractivity contribution is -0.0272. The number of carbonyl (C=O) groups excluding carboxylic acids is 1. The maximum absolute atomic E-state index is 14.6. The highest BCUT2D eigenvalue weighted by atomic mass is 32.7. The molecular weight excluding hydrogens is 711 g/mol. The zero-order chi connectivity index (χ0) is 36.4. The molecule has 0 aromatic carbocycles. The monoisotopic (exact) mass is 752 g/mol. The molecule has 2 fully saturated rings. The van der Waals surface area contributed by atoms with Gasteiger partial charge in [-0.1, -0.05) is 13.3 Å². The van der Waals surface area contributed by atoms with Crippen molar-refractivity contribution in [1.82, 2.24) is 39.0 Å². The fourth-order valence-electron chi connectivity index (χ4n) is 6.71. The molecule has 0 amide bonds. The summed E-state index contributed by atoms with van der Waals surface area (Å²) >= 11 is 0.634. The van der Waals surface area contributed by atoms with Crippen LogP contribution >= 0.6 is 18.2 Å². The van der Waals surface area contributed by atoms with E-state index in [9.17, 15) is 19.3 Å². The van der Waals surface area contributed by atoms with Crippen molar-refractivity contribution in [2.75, 3.05) is 37.7 Å². The number of hydrogen-bond acceptors (Lipinski definition) is 18. The van der Waals surface area contributed by atoms with Crippen LogP contribution in [0.2, 0.25) is 0 Å². The van der Waals surface area contributed by atoms with Crippen LogP contribution < -0.4 is 17.0 Å². The second-order valence-electron chi connectivity index (χ2n) is 12.4. The van der Waals surface area contributed by atoms with E-state index in [2.05, 4.69) is 29.9 Å². The standard InChI is InChI=1S/C29H41N10O10PS/c1-5-16-17(9-44-4)23(22(40)21(16)39-12-34-19-24(30)32-10-33-25(19)39)49-50(43,51-13-45-29(42)47-14(2)3)46-8-15-6-7-18(48-15)38-11-35-20-26(38)36-28(31)37-27(20)41/h10-12,14-18,21-23,40H,5-9,13H2,1-4H3,(H2,30,32,33)(H3,31,36,37,41). The third-order valence-corrected chi connectivity index (χ3v) is 12.2. The first-order valence-corrected chi connectivity index (χ1v) is 19.4. The van der Waals surface area contributed by atoms with E-state index >= 15 is 0 Å². The normalized spacial score (nSPS) is 26.3. The van der Waals surface area contributed by atoms with Crippen molar-refractivity contribution in [3.8, 4) is 0 Å². The molecule has 6 N–H and O–H groups in total. The van der Waals surface area contributed by atoms with Gasteiger partial charge in [-0.05, 0) is 32.6 Å². The number of carbonyl (C=O) groups is 1. The van der Waals surface area contributed by atoms with Gasteiger partial charge in [-0.3, -0.25) is 23.4 Å². The summed E-state index contributed by atoms with van der Waals surface area (Å²) in [7, 11) is 1.53. The lowest BCUT2D eigenvalue weighted by Crippen LogP contribution is -2.33. The Morgan fingerprint density at radius 1 is 1.12 bits per heavy atom. The van der Waals surface area contributed by atoms with Crippen LogP contribution in [-0.4, -0.2) is 101 Å². The smallest absolute Gasteiger partial charge is 0.432 e. The molecule has 0 spiro atoms. The molecule has 1 aliphatic carbocycles. The van der Waals surface area contributed by atoms with Crippen LogP contribution in [0.25, 0.3) is 22.3 Å². The highest BCUT2D eigenvalue weighted by molar-refractivity contribution is 8.55. The molecule has 8 unspecified atom stereocenters. The number of aliphatic hydroxyl groups is 1. The molecular formula is C29H41N10O10PS. The molecule has 51 heavy (non-hydrogen) atoms. The van der Waals surface area contributed by atoms with Crippen molar-refractivity contribution in [1.29, 1.82) is 0 Å². The van der Waals surface area contributed by atoms with Gasteiger partial charge >= 0.3 is 13.0 Å². The quantitative estimate of drug-likeness (QED) is 0.0819. The number of aromatic nitrogens is 8. The number of fused-ring (bicyclic) bond motifs is 2. The number of nitrogen functional groups attached to an aromatic ring is 2. The van der Waals surface area contributed by atoms with Gasteiger partial charge in [-0.15, -0.1) is 0 Å². The van der Waals surface area contributed by atoms with E-state index in [0.29, 0.717) is 41.8 Å². The van der Waals surface area contributed by atoms with E-state index in [1.165, 1.54) is 26.1 Å². The summed E-state index contributed by atoms with van der Waals surface area (Å²) in [5.41, 5.74) is 12.5. The zero-order valence-electron chi connectivity index (χ0n) is 28.4. The van der Waals surface area contributed by atoms with Gasteiger partial charge in [0, 0.05) is 24.4 Å². The van der Waals surface area contributed by atoms with E-state index in [0.717, 1.165) is 0 Å². The highest BCUT2D eigenvalue weighted by Crippen LogP contribution is 2.64. The first kappa shape index (κ1) is 36.9. The number of rotatable bonds is 14. The van der Waals surface area contributed by atoms with Crippen LogP contribution in [0.4, 0.5) is 16.6 Å². The van der Waals surface area contributed by atoms with Crippen molar-refractivity contribution in [2.24, 2.45) is 11.8 Å². The Balaban J connectivity index is 1.22. The zero-order valence-corrected chi connectivity index (χ0v) is 30.1. The summed E-state index contributed by atoms with van der Waals surface area (Å²) in [4.78, 5) is 47.9. The van der Waals surface area contributed by atoms with Gasteiger partial charge in [0.25, 0.3) is 5.56 Å². The summed E-state index contributed by atoms with van der Waals surface area (Å²) in [6.45, 7) is 1.06. The number of aromatic amines is 1. The van der Waals surface area contributed by atoms with Crippen molar-refractivity contribution < 1.29 is 42.5 Å². The summed E-state index contributed by atoms with van der Waals surface area (Å²) in [5, 5.41) is 11.9. The molecule has 20 nitrogen and oxygen atoms in total. The molecule has 5 heterocycles. The largest absolute Gasteiger partial charge is 0.509 e. The number of ether oxygens (including phenoxy) is 4. The summed E-state index contributed by atoms with van der Waals surface area (Å²) < 4.78 is 52.1. The first-order valence-electron chi connectivity index (χ1n) is 16.3. The van der Waals surface area contributed by atoms with Crippen LogP contribution in [0.3, 0.4) is 0 Å². The van der Waals surface area contributed by atoms with Gasteiger partial charge < -0.3 is 40.1 Å². The maximum atomic E-state index is 14.6. The molecule has 1 saturated heterocycles. The van der Waals surface area contributed by atoms with Gasteiger partial charge in [-0.2, -0.15) is 4.98 Å². The van der Waals surface area contributed by atoms with E-state index < -0.39 is 67.1 Å². The van der Waals surface area contributed by atoms with E-state index in [1.807, 2.05) is 6.92 Å².